The Balaban J connectivity index is 0.990. The number of benzene rings is 4. The van der Waals surface area contributed by atoms with Crippen LogP contribution in [-0.4, -0.2) is 80.3 Å². The number of carbonyl (C=O) groups is 5. The molecular formula is C50H51N7O6. The molecule has 63 heavy (non-hydrogen) atoms. The molecule has 3 atom stereocenters. The Kier molecular flexibility index (Phi) is 12.4. The monoisotopic (exact) mass is 845 g/mol. The van der Waals surface area contributed by atoms with Gasteiger partial charge in [0.05, 0.1) is 12.1 Å². The molecule has 2 aromatic heterocycles. The van der Waals surface area contributed by atoms with E-state index in [4.69, 9.17) is 4.74 Å². The average molecular weight is 846 g/mol. The van der Waals surface area contributed by atoms with Gasteiger partial charge in [0.1, 0.15) is 23.7 Å². The first-order valence-corrected chi connectivity index (χ1v) is 21.4. The number of nitrogens with one attached hydrogen (secondary N) is 4. The summed E-state index contributed by atoms with van der Waals surface area (Å²) in [4.78, 5) is 78.9. The number of likely N-dealkylation sites (tertiary alicyclic amines) is 2. The van der Waals surface area contributed by atoms with Gasteiger partial charge in [-0.3, -0.25) is 24.2 Å². The molecule has 2 fully saturated rings. The van der Waals surface area contributed by atoms with Crippen LogP contribution in [0.3, 0.4) is 0 Å². The number of aromatic nitrogens is 2. The minimum absolute atomic E-state index is 0.0626. The van der Waals surface area contributed by atoms with Gasteiger partial charge < -0.3 is 35.5 Å². The topological polar surface area (TPSA) is 166 Å². The number of ether oxygens (including phenoxy) is 1. The third kappa shape index (κ3) is 9.78. The summed E-state index contributed by atoms with van der Waals surface area (Å²) in [5.74, 6) is -0.991. The third-order valence-electron chi connectivity index (χ3n) is 11.4. The summed E-state index contributed by atoms with van der Waals surface area (Å²) in [7, 11) is 0. The van der Waals surface area contributed by atoms with Gasteiger partial charge in [0.25, 0.3) is 5.91 Å². The molecule has 6 aromatic rings. The highest BCUT2D eigenvalue weighted by molar-refractivity contribution is 6.07. The number of pyridine rings is 1. The SMILES string of the molecule is CC(C)(C)OC(=O)N[C@@H](C(=O)N1CCC[C@H]1C(=O)Nc1ccc(-c2[nH]c3ccc(NC(=O)[C@@H]4CCCN4C(=O)Cc4ccccc4)cc3c2-c2ccncc2)cc1)c1ccccc1. The molecule has 4 heterocycles. The van der Waals surface area contributed by atoms with Crippen LogP contribution in [-0.2, 0) is 30.3 Å². The number of carbonyl (C=O) groups excluding carboxylic acids is 5. The van der Waals surface area contributed by atoms with Crippen molar-refractivity contribution >= 4 is 52.0 Å². The first-order chi connectivity index (χ1) is 30.4. The molecule has 2 aliphatic rings. The molecule has 0 aliphatic carbocycles. The van der Waals surface area contributed by atoms with Crippen LogP contribution in [0, 0.1) is 0 Å². The maximum Gasteiger partial charge on any atom is 0.408 e. The number of amides is 5. The largest absolute Gasteiger partial charge is 0.444 e. The number of fused-ring (bicyclic) bond motifs is 1. The van der Waals surface area contributed by atoms with E-state index in [0.717, 1.165) is 45.3 Å². The van der Waals surface area contributed by atoms with E-state index in [1.807, 2.05) is 91.0 Å². The number of H-pyrrole nitrogens is 1. The fourth-order valence-corrected chi connectivity index (χ4v) is 8.51. The normalized spacial score (nSPS) is 16.7. The average Bonchev–Trinajstić information content (AvgIpc) is 4.06. The van der Waals surface area contributed by atoms with Crippen molar-refractivity contribution in [3.8, 4) is 22.4 Å². The van der Waals surface area contributed by atoms with Crippen molar-refractivity contribution in [3.63, 3.8) is 0 Å². The van der Waals surface area contributed by atoms with Gasteiger partial charge in [0.15, 0.2) is 0 Å². The molecule has 0 saturated carbocycles. The Hall–Kier alpha value is -7.28. The van der Waals surface area contributed by atoms with Crippen molar-refractivity contribution in [2.75, 3.05) is 23.7 Å². The van der Waals surface area contributed by atoms with Gasteiger partial charge in [-0.25, -0.2) is 4.79 Å². The molecule has 0 radical (unpaired) electrons. The molecule has 8 rings (SSSR count). The van der Waals surface area contributed by atoms with Crippen molar-refractivity contribution in [1.29, 1.82) is 0 Å². The van der Waals surface area contributed by atoms with Gasteiger partial charge in [-0.15, -0.1) is 0 Å². The number of anilines is 2. The lowest BCUT2D eigenvalue weighted by Crippen LogP contribution is -2.49. The lowest BCUT2D eigenvalue weighted by molar-refractivity contribution is -0.138. The molecule has 2 aliphatic heterocycles. The predicted molar refractivity (Wildman–Crippen MR) is 242 cm³/mol. The number of hydrogen-bond acceptors (Lipinski definition) is 7. The number of alkyl carbamates (subject to hydrolysis) is 1. The molecule has 322 valence electrons. The van der Waals surface area contributed by atoms with Crippen LogP contribution in [0.5, 0.6) is 0 Å². The second-order valence-electron chi connectivity index (χ2n) is 17.0. The minimum atomic E-state index is -1.04. The van der Waals surface area contributed by atoms with Gasteiger partial charge in [0.2, 0.25) is 17.7 Å². The Morgan fingerprint density at radius 3 is 2.00 bits per heavy atom. The summed E-state index contributed by atoms with van der Waals surface area (Å²) in [5.41, 5.74) is 6.29. The number of hydrogen-bond donors (Lipinski definition) is 4. The molecule has 0 unspecified atom stereocenters. The predicted octanol–water partition coefficient (Wildman–Crippen LogP) is 8.26. The molecule has 4 N–H and O–H groups in total. The van der Waals surface area contributed by atoms with Crippen LogP contribution in [0.4, 0.5) is 16.2 Å². The summed E-state index contributed by atoms with van der Waals surface area (Å²) in [6, 6.07) is 33.3. The fourth-order valence-electron chi connectivity index (χ4n) is 8.51. The molecule has 0 bridgehead atoms. The van der Waals surface area contributed by atoms with Gasteiger partial charge in [-0.05, 0) is 111 Å². The van der Waals surface area contributed by atoms with Crippen LogP contribution < -0.4 is 16.0 Å². The molecular weight excluding hydrogens is 795 g/mol. The van der Waals surface area contributed by atoms with Crippen LogP contribution in [0.15, 0.2) is 128 Å². The fraction of sp³-hybridized carbons (Fsp3) is 0.280. The first kappa shape index (κ1) is 42.4. The Labute approximate surface area is 366 Å². The highest BCUT2D eigenvalue weighted by atomic mass is 16.6. The van der Waals surface area contributed by atoms with E-state index in [1.54, 1.807) is 62.3 Å². The highest BCUT2D eigenvalue weighted by Crippen LogP contribution is 2.40. The summed E-state index contributed by atoms with van der Waals surface area (Å²) < 4.78 is 5.48. The number of aromatic amines is 1. The van der Waals surface area contributed by atoms with Crippen molar-refractivity contribution in [2.24, 2.45) is 0 Å². The Bertz CT molecular complexity index is 2610. The second kappa shape index (κ2) is 18.4. The third-order valence-corrected chi connectivity index (χ3v) is 11.4. The van der Waals surface area contributed by atoms with E-state index in [0.29, 0.717) is 49.3 Å². The maximum atomic E-state index is 14.1. The molecule has 13 nitrogen and oxygen atoms in total. The van der Waals surface area contributed by atoms with E-state index in [9.17, 15) is 24.0 Å². The summed E-state index contributed by atoms with van der Waals surface area (Å²) in [6.45, 7) is 6.17. The lowest BCUT2D eigenvalue weighted by atomic mass is 9.98. The highest BCUT2D eigenvalue weighted by Gasteiger charge is 2.39. The van der Waals surface area contributed by atoms with E-state index in [-0.39, 0.29) is 30.0 Å². The van der Waals surface area contributed by atoms with Crippen LogP contribution >= 0.6 is 0 Å². The minimum Gasteiger partial charge on any atom is -0.444 e. The number of nitrogens with zero attached hydrogens (tertiary/aromatic N) is 3. The summed E-state index contributed by atoms with van der Waals surface area (Å²) >= 11 is 0. The van der Waals surface area contributed by atoms with Crippen LogP contribution in [0.1, 0.15) is 63.6 Å². The second-order valence-corrected chi connectivity index (χ2v) is 17.0. The van der Waals surface area contributed by atoms with Crippen LogP contribution in [0.2, 0.25) is 0 Å². The Morgan fingerprint density at radius 1 is 0.730 bits per heavy atom. The van der Waals surface area contributed by atoms with E-state index in [1.165, 1.54) is 4.90 Å². The van der Waals surface area contributed by atoms with Crippen molar-refractivity contribution < 1.29 is 28.7 Å². The lowest BCUT2D eigenvalue weighted by Gasteiger charge is -2.29. The van der Waals surface area contributed by atoms with E-state index < -0.39 is 29.8 Å². The smallest absolute Gasteiger partial charge is 0.408 e. The van der Waals surface area contributed by atoms with E-state index in [2.05, 4.69) is 25.9 Å². The standard InChI is InChI=1S/C50H51N7O6/c1-50(2,3)63-49(62)55-45(34-14-8-5-9-15-34)48(61)57-29-11-17-41(57)47(60)52-36-20-18-35(19-21-36)44-43(33-24-26-51-27-25-33)38-31-37(22-23-39(38)54-44)53-46(59)40-16-10-28-56(40)42(58)30-32-12-6-4-7-13-32/h4-9,12-15,18-27,31,40-41,45,54H,10-11,16-17,28-30H2,1-3H3,(H,52,60)(H,53,59)(H,55,62)/t40-,41-,45+/m0/s1. The summed E-state index contributed by atoms with van der Waals surface area (Å²) in [5, 5.41) is 9.73. The maximum absolute atomic E-state index is 14.1. The Morgan fingerprint density at radius 2 is 1.33 bits per heavy atom. The zero-order valence-electron chi connectivity index (χ0n) is 35.6. The van der Waals surface area contributed by atoms with Crippen molar-refractivity contribution in [3.05, 3.63) is 139 Å². The summed E-state index contributed by atoms with van der Waals surface area (Å²) in [6.07, 6.45) is 5.45. The first-order valence-electron chi connectivity index (χ1n) is 21.4. The molecule has 0 spiro atoms. The zero-order chi connectivity index (χ0) is 44.1. The van der Waals surface area contributed by atoms with E-state index >= 15 is 0 Å². The molecule has 13 heteroatoms. The van der Waals surface area contributed by atoms with Crippen molar-refractivity contribution in [1.82, 2.24) is 25.1 Å². The van der Waals surface area contributed by atoms with Crippen LogP contribution in [0.25, 0.3) is 33.3 Å². The van der Waals surface area contributed by atoms with Gasteiger partial charge in [0, 0.05) is 53.3 Å². The van der Waals surface area contributed by atoms with Crippen molar-refractivity contribution in [2.45, 2.75) is 76.6 Å². The van der Waals surface area contributed by atoms with Gasteiger partial charge in [-0.1, -0.05) is 72.8 Å². The number of rotatable bonds is 11. The zero-order valence-corrected chi connectivity index (χ0v) is 35.6. The van der Waals surface area contributed by atoms with Gasteiger partial charge >= 0.3 is 6.09 Å². The molecule has 4 aromatic carbocycles. The molecule has 5 amide bonds. The quantitative estimate of drug-likeness (QED) is 0.102. The molecule has 2 saturated heterocycles. The van der Waals surface area contributed by atoms with Gasteiger partial charge in [-0.2, -0.15) is 0 Å².